The third-order valence-corrected chi connectivity index (χ3v) is 6.67. The molecule has 4 rings (SSSR count). The fraction of sp³-hybridized carbons (Fsp3) is 0.542. The quantitative estimate of drug-likeness (QED) is 0.635. The summed E-state index contributed by atoms with van der Waals surface area (Å²) in [7, 11) is 1.80. The molecule has 1 amide bonds. The maximum Gasteiger partial charge on any atom is 0.410 e. The third kappa shape index (κ3) is 4.89. The molecule has 1 aromatic carbocycles. The summed E-state index contributed by atoms with van der Waals surface area (Å²) < 4.78 is 16.9. The van der Waals surface area contributed by atoms with E-state index >= 15 is 0 Å². The lowest BCUT2D eigenvalue weighted by Crippen LogP contribution is -2.35. The fourth-order valence-electron chi connectivity index (χ4n) is 4.45. The number of ether oxygens (including phenoxy) is 2. The fourth-order valence-corrected chi connectivity index (χ4v) is 4.45. The van der Waals surface area contributed by atoms with E-state index < -0.39 is 5.97 Å². The van der Waals surface area contributed by atoms with Crippen molar-refractivity contribution in [2.75, 3.05) is 13.7 Å². The number of carboxylic acids is 1. The van der Waals surface area contributed by atoms with Gasteiger partial charge in [0.05, 0.1) is 23.8 Å². The monoisotopic (exact) mass is 442 g/mol. The van der Waals surface area contributed by atoms with Crippen LogP contribution in [0.4, 0.5) is 4.79 Å². The van der Waals surface area contributed by atoms with Crippen LogP contribution in [0.1, 0.15) is 49.8 Å². The second-order valence-electron chi connectivity index (χ2n) is 8.89. The minimum absolute atomic E-state index is 0.102. The van der Waals surface area contributed by atoms with Crippen LogP contribution in [-0.2, 0) is 16.1 Å². The molecule has 0 radical (unpaired) electrons. The largest absolute Gasteiger partial charge is 0.493 e. The van der Waals surface area contributed by atoms with Crippen molar-refractivity contribution in [1.29, 1.82) is 0 Å². The van der Waals surface area contributed by atoms with Gasteiger partial charge in [-0.05, 0) is 62.8 Å². The van der Waals surface area contributed by atoms with E-state index in [2.05, 4.69) is 5.16 Å². The van der Waals surface area contributed by atoms with Gasteiger partial charge in [0.1, 0.15) is 12.4 Å². The van der Waals surface area contributed by atoms with Gasteiger partial charge in [-0.25, -0.2) is 4.79 Å². The highest BCUT2D eigenvalue weighted by molar-refractivity contribution is 5.71. The predicted octanol–water partition coefficient (Wildman–Crippen LogP) is 4.65. The van der Waals surface area contributed by atoms with Crippen LogP contribution in [-0.4, -0.2) is 46.9 Å². The van der Waals surface area contributed by atoms with Crippen molar-refractivity contribution in [2.45, 2.75) is 58.1 Å². The van der Waals surface area contributed by atoms with E-state index in [1.54, 1.807) is 11.9 Å². The van der Waals surface area contributed by atoms with E-state index in [9.17, 15) is 9.59 Å². The van der Waals surface area contributed by atoms with Gasteiger partial charge in [-0.2, -0.15) is 0 Å². The summed E-state index contributed by atoms with van der Waals surface area (Å²) in [5, 5.41) is 13.0. The van der Waals surface area contributed by atoms with Crippen molar-refractivity contribution >= 4 is 12.1 Å². The normalized spacial score (nSPS) is 20.6. The van der Waals surface area contributed by atoms with Gasteiger partial charge in [-0.1, -0.05) is 18.0 Å². The number of benzene rings is 1. The Hall–Kier alpha value is -3.03. The van der Waals surface area contributed by atoms with Gasteiger partial charge in [0.2, 0.25) is 0 Å². The molecule has 172 valence electrons. The van der Waals surface area contributed by atoms with Gasteiger partial charge in [0.25, 0.3) is 0 Å². The number of hydrogen-bond donors (Lipinski definition) is 1. The number of hydrogen-bond acceptors (Lipinski definition) is 6. The molecule has 0 saturated heterocycles. The van der Waals surface area contributed by atoms with Gasteiger partial charge < -0.3 is 24.0 Å². The van der Waals surface area contributed by atoms with Crippen LogP contribution in [0.25, 0.3) is 11.3 Å². The molecule has 2 saturated carbocycles. The molecule has 1 N–H and O–H groups in total. The summed E-state index contributed by atoms with van der Waals surface area (Å²) in [4.78, 5) is 25.0. The van der Waals surface area contributed by atoms with E-state index in [-0.39, 0.29) is 30.6 Å². The first-order chi connectivity index (χ1) is 15.4. The molecule has 32 heavy (non-hydrogen) atoms. The topological polar surface area (TPSA) is 102 Å². The Bertz CT molecular complexity index is 942. The van der Waals surface area contributed by atoms with Crippen LogP contribution in [0.3, 0.4) is 0 Å². The molecular formula is C24H30N2O6. The molecule has 0 atom stereocenters. The standard InChI is InChI=1S/C24H30N2O6/c1-15-21(14-31-24(29)26(2)19-5-3-4-6-19)22(32-25-15)17-7-9-20(10-8-17)30-13-16-11-18(12-16)23(27)28/h7-10,16,18-19H,3-6,11-14H2,1-2H3,(H,27,28). The molecule has 8 nitrogen and oxygen atoms in total. The van der Waals surface area contributed by atoms with Crippen molar-refractivity contribution in [1.82, 2.24) is 10.1 Å². The molecule has 2 aliphatic rings. The van der Waals surface area contributed by atoms with Gasteiger partial charge >= 0.3 is 12.1 Å². The highest BCUT2D eigenvalue weighted by atomic mass is 16.6. The zero-order valence-electron chi connectivity index (χ0n) is 18.6. The number of aryl methyl sites for hydroxylation is 1. The maximum atomic E-state index is 12.4. The van der Waals surface area contributed by atoms with E-state index in [0.29, 0.717) is 30.9 Å². The lowest BCUT2D eigenvalue weighted by atomic mass is 9.75. The first kappa shape index (κ1) is 22.2. The summed E-state index contributed by atoms with van der Waals surface area (Å²) in [6, 6.07) is 7.72. The summed E-state index contributed by atoms with van der Waals surface area (Å²) in [6.07, 6.45) is 5.37. The van der Waals surface area contributed by atoms with Crippen LogP contribution < -0.4 is 4.74 Å². The summed E-state index contributed by atoms with van der Waals surface area (Å²) in [5.41, 5.74) is 2.26. The molecule has 0 aliphatic heterocycles. The molecule has 2 aliphatic carbocycles. The Morgan fingerprint density at radius 3 is 2.53 bits per heavy atom. The molecule has 0 unspecified atom stereocenters. The summed E-state index contributed by atoms with van der Waals surface area (Å²) >= 11 is 0. The molecule has 1 aromatic heterocycles. The summed E-state index contributed by atoms with van der Waals surface area (Å²) in [6.45, 7) is 2.45. The van der Waals surface area contributed by atoms with E-state index in [1.807, 2.05) is 31.2 Å². The van der Waals surface area contributed by atoms with Crippen LogP contribution >= 0.6 is 0 Å². The number of amides is 1. The van der Waals surface area contributed by atoms with Crippen molar-refractivity contribution < 1.29 is 28.7 Å². The second-order valence-corrected chi connectivity index (χ2v) is 8.89. The smallest absolute Gasteiger partial charge is 0.410 e. The number of carbonyl (C=O) groups excluding carboxylic acids is 1. The molecule has 8 heteroatoms. The zero-order valence-corrected chi connectivity index (χ0v) is 18.6. The van der Waals surface area contributed by atoms with E-state index in [1.165, 1.54) is 0 Å². The Kier molecular flexibility index (Phi) is 6.67. The van der Waals surface area contributed by atoms with Crippen molar-refractivity contribution in [3.8, 4) is 17.1 Å². The Labute approximate surface area is 187 Å². The minimum Gasteiger partial charge on any atom is -0.493 e. The van der Waals surface area contributed by atoms with Crippen LogP contribution in [0.15, 0.2) is 28.8 Å². The Morgan fingerprint density at radius 1 is 1.19 bits per heavy atom. The highest BCUT2D eigenvalue weighted by Gasteiger charge is 2.34. The van der Waals surface area contributed by atoms with Gasteiger partial charge in [-0.15, -0.1) is 0 Å². The number of rotatable bonds is 8. The molecule has 1 heterocycles. The van der Waals surface area contributed by atoms with E-state index in [4.69, 9.17) is 19.1 Å². The first-order valence-electron chi connectivity index (χ1n) is 11.2. The van der Waals surface area contributed by atoms with Crippen molar-refractivity contribution in [3.63, 3.8) is 0 Å². The van der Waals surface area contributed by atoms with Gasteiger partial charge in [0.15, 0.2) is 5.76 Å². The van der Waals surface area contributed by atoms with Crippen LogP contribution in [0.2, 0.25) is 0 Å². The maximum absolute atomic E-state index is 12.4. The predicted molar refractivity (Wildman–Crippen MR) is 116 cm³/mol. The molecule has 2 aromatic rings. The average molecular weight is 443 g/mol. The first-order valence-corrected chi connectivity index (χ1v) is 11.2. The minimum atomic E-state index is -0.723. The lowest BCUT2D eigenvalue weighted by Gasteiger charge is -2.31. The molecule has 0 spiro atoms. The zero-order chi connectivity index (χ0) is 22.7. The number of nitrogens with zero attached hydrogens (tertiary/aromatic N) is 2. The second kappa shape index (κ2) is 9.63. The summed E-state index contributed by atoms with van der Waals surface area (Å²) in [5.74, 6) is 0.630. The molecular weight excluding hydrogens is 412 g/mol. The average Bonchev–Trinajstić information content (AvgIpc) is 3.41. The van der Waals surface area contributed by atoms with E-state index in [0.717, 1.165) is 42.6 Å². The number of carbonyl (C=O) groups is 2. The Balaban J connectivity index is 1.33. The number of aliphatic carboxylic acids is 1. The Morgan fingerprint density at radius 2 is 1.88 bits per heavy atom. The molecule has 2 fully saturated rings. The van der Waals surface area contributed by atoms with Gasteiger partial charge in [0, 0.05) is 18.7 Å². The van der Waals surface area contributed by atoms with Crippen LogP contribution in [0, 0.1) is 18.8 Å². The third-order valence-electron chi connectivity index (χ3n) is 6.67. The highest BCUT2D eigenvalue weighted by Crippen LogP contribution is 2.35. The number of aromatic nitrogens is 1. The van der Waals surface area contributed by atoms with Crippen LogP contribution in [0.5, 0.6) is 5.75 Å². The lowest BCUT2D eigenvalue weighted by molar-refractivity contribution is -0.146. The van der Waals surface area contributed by atoms with Crippen molar-refractivity contribution in [2.24, 2.45) is 11.8 Å². The van der Waals surface area contributed by atoms with Crippen molar-refractivity contribution in [3.05, 3.63) is 35.5 Å². The SMILES string of the molecule is Cc1noc(-c2ccc(OCC3CC(C(=O)O)C3)cc2)c1COC(=O)N(C)C1CCCC1. The number of carboxylic acid groups (broad SMARTS) is 1. The molecule has 0 bridgehead atoms. The van der Waals surface area contributed by atoms with Gasteiger partial charge in [-0.3, -0.25) is 4.79 Å².